The van der Waals surface area contributed by atoms with E-state index < -0.39 is 0 Å². The van der Waals surface area contributed by atoms with Gasteiger partial charge in [-0.05, 0) is 56.5 Å². The number of hydrogen-bond acceptors (Lipinski definition) is 2. The summed E-state index contributed by atoms with van der Waals surface area (Å²) in [6.45, 7) is 7.87. The number of phenols is 1. The Labute approximate surface area is 85.3 Å². The molecule has 1 aromatic carbocycles. The van der Waals surface area contributed by atoms with Crippen LogP contribution >= 0.6 is 0 Å². The van der Waals surface area contributed by atoms with Gasteiger partial charge in [0.25, 0.3) is 0 Å². The predicted molar refractivity (Wildman–Crippen MR) is 60.3 cm³/mol. The zero-order valence-corrected chi connectivity index (χ0v) is 9.20. The van der Waals surface area contributed by atoms with Gasteiger partial charge < -0.3 is 5.11 Å². The second kappa shape index (κ2) is 4.27. The lowest BCUT2D eigenvalue weighted by atomic mass is 10.1. The smallest absolute Gasteiger partial charge is 0.121 e. The number of rotatable bonds is 2. The molecule has 0 atom stereocenters. The van der Waals surface area contributed by atoms with Crippen LogP contribution in [0.3, 0.4) is 0 Å². The Morgan fingerprint density at radius 1 is 1.21 bits per heavy atom. The van der Waals surface area contributed by atoms with E-state index in [0.717, 1.165) is 16.7 Å². The molecule has 1 aromatic rings. The molecule has 0 saturated carbocycles. The van der Waals surface area contributed by atoms with Crippen LogP contribution in [0.2, 0.25) is 0 Å². The third-order valence-electron chi connectivity index (χ3n) is 2.04. The molecule has 0 aliphatic carbocycles. The zero-order chi connectivity index (χ0) is 10.7. The first-order valence-electron chi connectivity index (χ1n) is 4.84. The highest BCUT2D eigenvalue weighted by Gasteiger charge is 2.01. The van der Waals surface area contributed by atoms with Crippen LogP contribution in [-0.4, -0.2) is 17.4 Å². The summed E-state index contributed by atoms with van der Waals surface area (Å²) in [7, 11) is 0. The predicted octanol–water partition coefficient (Wildman–Crippen LogP) is 2.84. The van der Waals surface area contributed by atoms with Gasteiger partial charge in [-0.3, -0.25) is 4.99 Å². The van der Waals surface area contributed by atoms with Crippen LogP contribution < -0.4 is 0 Å². The summed E-state index contributed by atoms with van der Waals surface area (Å²) < 4.78 is 0. The summed E-state index contributed by atoms with van der Waals surface area (Å²) in [4.78, 5) is 4.30. The van der Waals surface area contributed by atoms with Crippen LogP contribution in [0.25, 0.3) is 0 Å². The van der Waals surface area contributed by atoms with Crippen molar-refractivity contribution in [2.45, 2.75) is 33.7 Å². The van der Waals surface area contributed by atoms with E-state index in [1.165, 1.54) is 0 Å². The molecule has 14 heavy (non-hydrogen) atoms. The van der Waals surface area contributed by atoms with Gasteiger partial charge in [-0.25, -0.2) is 0 Å². The fraction of sp³-hybridized carbons (Fsp3) is 0.417. The Morgan fingerprint density at radius 3 is 2.14 bits per heavy atom. The highest BCUT2D eigenvalue weighted by atomic mass is 16.3. The Morgan fingerprint density at radius 2 is 1.71 bits per heavy atom. The highest BCUT2D eigenvalue weighted by molar-refractivity contribution is 5.81. The number of aromatic hydroxyl groups is 1. The van der Waals surface area contributed by atoms with Crippen LogP contribution in [0, 0.1) is 13.8 Å². The van der Waals surface area contributed by atoms with Gasteiger partial charge in [0.05, 0.1) is 0 Å². The second-order valence-corrected chi connectivity index (χ2v) is 3.88. The lowest BCUT2D eigenvalue weighted by molar-refractivity contribution is 0.467. The molecule has 1 N–H and O–H groups in total. The molecule has 0 amide bonds. The van der Waals surface area contributed by atoms with Gasteiger partial charge in [0.15, 0.2) is 0 Å². The van der Waals surface area contributed by atoms with E-state index in [9.17, 15) is 5.11 Å². The zero-order valence-electron chi connectivity index (χ0n) is 9.20. The van der Waals surface area contributed by atoms with E-state index in [2.05, 4.69) is 4.99 Å². The molecule has 76 valence electrons. The van der Waals surface area contributed by atoms with Gasteiger partial charge in [0.2, 0.25) is 0 Å². The average Bonchev–Trinajstić information content (AvgIpc) is 2.10. The quantitative estimate of drug-likeness (QED) is 0.716. The van der Waals surface area contributed by atoms with E-state index in [1.54, 1.807) is 0 Å². The van der Waals surface area contributed by atoms with Crippen LogP contribution in [0.4, 0.5) is 0 Å². The lowest BCUT2D eigenvalue weighted by Gasteiger charge is -2.04. The van der Waals surface area contributed by atoms with Crippen LogP contribution in [-0.2, 0) is 0 Å². The third kappa shape index (κ3) is 2.59. The summed E-state index contributed by atoms with van der Waals surface area (Å²) >= 11 is 0. The molecule has 0 fully saturated rings. The van der Waals surface area contributed by atoms with Gasteiger partial charge in [-0.2, -0.15) is 0 Å². The third-order valence-corrected chi connectivity index (χ3v) is 2.04. The number of hydrogen-bond donors (Lipinski definition) is 1. The normalized spacial score (nSPS) is 11.5. The van der Waals surface area contributed by atoms with Crippen LogP contribution in [0.5, 0.6) is 5.75 Å². The van der Waals surface area contributed by atoms with Crippen LogP contribution in [0.15, 0.2) is 17.1 Å². The van der Waals surface area contributed by atoms with Crippen molar-refractivity contribution in [2.24, 2.45) is 4.99 Å². The average molecular weight is 191 g/mol. The molecule has 0 unspecified atom stereocenters. The SMILES string of the molecule is Cc1cc(C=NC(C)C)cc(C)c1O. The topological polar surface area (TPSA) is 32.6 Å². The Kier molecular flexibility index (Phi) is 3.28. The summed E-state index contributed by atoms with van der Waals surface area (Å²) in [5.41, 5.74) is 2.84. The number of aryl methyl sites for hydroxylation is 2. The minimum absolute atomic E-state index is 0.310. The molecule has 2 nitrogen and oxygen atoms in total. The minimum Gasteiger partial charge on any atom is -0.507 e. The van der Waals surface area contributed by atoms with Crippen molar-refractivity contribution in [1.82, 2.24) is 0 Å². The van der Waals surface area contributed by atoms with Crippen molar-refractivity contribution in [1.29, 1.82) is 0 Å². The number of benzene rings is 1. The fourth-order valence-corrected chi connectivity index (χ4v) is 1.30. The van der Waals surface area contributed by atoms with E-state index >= 15 is 0 Å². The Balaban J connectivity index is 3.01. The maximum Gasteiger partial charge on any atom is 0.121 e. The van der Waals surface area contributed by atoms with Gasteiger partial charge in [0.1, 0.15) is 5.75 Å². The van der Waals surface area contributed by atoms with Gasteiger partial charge in [-0.1, -0.05) is 0 Å². The molecule has 0 aliphatic rings. The lowest BCUT2D eigenvalue weighted by Crippen LogP contribution is -1.92. The standard InChI is InChI=1S/C12H17NO/c1-8(2)13-7-11-5-9(3)12(14)10(4)6-11/h5-8,14H,1-4H3. The first-order chi connectivity index (χ1) is 6.50. The molecule has 0 spiro atoms. The highest BCUT2D eigenvalue weighted by Crippen LogP contribution is 2.22. The minimum atomic E-state index is 0.310. The Hall–Kier alpha value is -1.31. The van der Waals surface area contributed by atoms with Crippen molar-refractivity contribution in [3.63, 3.8) is 0 Å². The van der Waals surface area contributed by atoms with Crippen molar-refractivity contribution < 1.29 is 5.11 Å². The number of phenolic OH excluding ortho intramolecular Hbond substituents is 1. The van der Waals surface area contributed by atoms with Crippen molar-refractivity contribution in [2.75, 3.05) is 0 Å². The first kappa shape index (κ1) is 10.8. The summed E-state index contributed by atoms with van der Waals surface area (Å²) in [5.74, 6) is 0.381. The molecule has 0 heterocycles. The van der Waals surface area contributed by atoms with E-state index in [-0.39, 0.29) is 0 Å². The van der Waals surface area contributed by atoms with Crippen molar-refractivity contribution in [3.05, 3.63) is 28.8 Å². The van der Waals surface area contributed by atoms with Gasteiger partial charge in [0, 0.05) is 12.3 Å². The van der Waals surface area contributed by atoms with Crippen LogP contribution in [0.1, 0.15) is 30.5 Å². The van der Waals surface area contributed by atoms with E-state index in [1.807, 2.05) is 46.0 Å². The maximum absolute atomic E-state index is 9.56. The van der Waals surface area contributed by atoms with E-state index in [4.69, 9.17) is 0 Å². The molecule has 1 rings (SSSR count). The molecule has 0 aromatic heterocycles. The van der Waals surface area contributed by atoms with Crippen molar-refractivity contribution in [3.8, 4) is 5.75 Å². The molecule has 0 bridgehead atoms. The molecule has 0 aliphatic heterocycles. The van der Waals surface area contributed by atoms with Gasteiger partial charge in [-0.15, -0.1) is 0 Å². The summed E-state index contributed by atoms with van der Waals surface area (Å²) in [5, 5.41) is 9.56. The molecule has 2 heteroatoms. The largest absolute Gasteiger partial charge is 0.507 e. The molecule has 0 radical (unpaired) electrons. The Bertz CT molecular complexity index is 330. The van der Waals surface area contributed by atoms with Gasteiger partial charge >= 0.3 is 0 Å². The molecular weight excluding hydrogens is 174 g/mol. The summed E-state index contributed by atoms with van der Waals surface area (Å²) in [6, 6.07) is 4.19. The summed E-state index contributed by atoms with van der Waals surface area (Å²) in [6.07, 6.45) is 1.85. The molecule has 0 saturated heterocycles. The fourth-order valence-electron chi connectivity index (χ4n) is 1.30. The number of aliphatic imine (C=N–C) groups is 1. The number of nitrogens with zero attached hydrogens (tertiary/aromatic N) is 1. The second-order valence-electron chi connectivity index (χ2n) is 3.88. The monoisotopic (exact) mass is 191 g/mol. The molecular formula is C12H17NO. The van der Waals surface area contributed by atoms with Crippen molar-refractivity contribution >= 4 is 6.21 Å². The van der Waals surface area contributed by atoms with E-state index in [0.29, 0.717) is 11.8 Å². The first-order valence-corrected chi connectivity index (χ1v) is 4.84. The maximum atomic E-state index is 9.56.